The molecular formula is C26H22ClNO5. The van der Waals surface area contributed by atoms with Crippen LogP contribution >= 0.6 is 11.6 Å². The first-order valence-corrected chi connectivity index (χ1v) is 10.7. The van der Waals surface area contributed by atoms with Crippen molar-refractivity contribution >= 4 is 29.0 Å². The van der Waals surface area contributed by atoms with Crippen LogP contribution in [0.3, 0.4) is 0 Å². The Morgan fingerprint density at radius 2 is 1.73 bits per heavy atom. The van der Waals surface area contributed by atoms with E-state index in [0.29, 0.717) is 23.4 Å². The topological polar surface area (TPSA) is 87.1 Å². The average molecular weight is 464 g/mol. The zero-order valence-corrected chi connectivity index (χ0v) is 18.6. The Bertz CT molecular complexity index is 1220. The van der Waals surface area contributed by atoms with Crippen molar-refractivity contribution in [1.82, 2.24) is 0 Å². The van der Waals surface area contributed by atoms with E-state index in [2.05, 4.69) is 0 Å². The van der Waals surface area contributed by atoms with Gasteiger partial charge in [-0.25, -0.2) is 0 Å². The molecule has 0 saturated heterocycles. The van der Waals surface area contributed by atoms with Crippen LogP contribution in [0, 0.1) is 0 Å². The van der Waals surface area contributed by atoms with Crippen LogP contribution in [0.15, 0.2) is 84.1 Å². The van der Waals surface area contributed by atoms with Crippen LogP contribution in [0.2, 0.25) is 5.02 Å². The number of Topliss-reactive ketones (excluding diaryl/α,β-unsaturated/α-hetero) is 1. The van der Waals surface area contributed by atoms with Crippen molar-refractivity contribution in [3.63, 3.8) is 0 Å². The molecular weight excluding hydrogens is 442 g/mol. The van der Waals surface area contributed by atoms with E-state index in [0.717, 1.165) is 5.56 Å². The zero-order chi connectivity index (χ0) is 23.5. The van der Waals surface area contributed by atoms with Crippen molar-refractivity contribution < 1.29 is 24.5 Å². The summed E-state index contributed by atoms with van der Waals surface area (Å²) in [5.74, 6) is -1.13. The standard InChI is InChI=1S/C26H22ClNO5/c1-33-22-14-10-18(15-20(22)27)28-24(17-8-11-19(29)12-9-17)23(25(31)26(28)32)21(30)13-7-16-5-3-2-4-6-16/h2-6,8-12,14-15,24,29,31H,7,13H2,1H3. The van der Waals surface area contributed by atoms with Gasteiger partial charge >= 0.3 is 0 Å². The summed E-state index contributed by atoms with van der Waals surface area (Å²) < 4.78 is 5.19. The third kappa shape index (κ3) is 4.43. The van der Waals surface area contributed by atoms with Gasteiger partial charge in [-0.2, -0.15) is 0 Å². The Morgan fingerprint density at radius 1 is 1.03 bits per heavy atom. The molecule has 6 nitrogen and oxygen atoms in total. The number of aryl methyl sites for hydroxylation is 1. The van der Waals surface area contributed by atoms with Crippen LogP contribution < -0.4 is 9.64 Å². The van der Waals surface area contributed by atoms with Gasteiger partial charge in [0.05, 0.1) is 23.7 Å². The molecule has 1 aliphatic rings. The molecule has 3 aromatic rings. The van der Waals surface area contributed by atoms with Crippen LogP contribution in [-0.2, 0) is 16.0 Å². The fourth-order valence-electron chi connectivity index (χ4n) is 3.97. The molecule has 1 aliphatic heterocycles. The first-order valence-electron chi connectivity index (χ1n) is 10.4. The number of aliphatic hydroxyl groups is 1. The molecule has 7 heteroatoms. The number of phenolic OH excluding ortho intramolecular Hbond substituents is 1. The molecule has 0 aliphatic carbocycles. The molecule has 0 radical (unpaired) electrons. The molecule has 33 heavy (non-hydrogen) atoms. The number of rotatable bonds is 7. The molecule has 1 heterocycles. The van der Waals surface area contributed by atoms with Gasteiger partial charge in [-0.1, -0.05) is 54.1 Å². The Kier molecular flexibility index (Phi) is 6.38. The number of hydrogen-bond acceptors (Lipinski definition) is 5. The third-order valence-corrected chi connectivity index (χ3v) is 5.91. The van der Waals surface area contributed by atoms with Gasteiger partial charge in [-0.3, -0.25) is 14.5 Å². The molecule has 2 N–H and O–H groups in total. The van der Waals surface area contributed by atoms with Crippen LogP contribution in [0.4, 0.5) is 5.69 Å². The summed E-state index contributed by atoms with van der Waals surface area (Å²) >= 11 is 6.28. The fraction of sp³-hybridized carbons (Fsp3) is 0.154. The van der Waals surface area contributed by atoms with E-state index in [9.17, 15) is 19.8 Å². The number of benzene rings is 3. The maximum atomic E-state index is 13.3. The SMILES string of the molecule is COc1ccc(N2C(=O)C(O)=C(C(=O)CCc3ccccc3)C2c2ccc(O)cc2)cc1Cl. The minimum absolute atomic E-state index is 0.0218. The number of nitrogens with zero attached hydrogens (tertiary/aromatic N) is 1. The quantitative estimate of drug-likeness (QED) is 0.505. The van der Waals surface area contributed by atoms with Gasteiger partial charge in [0.1, 0.15) is 11.5 Å². The lowest BCUT2D eigenvalue weighted by molar-refractivity contribution is -0.118. The molecule has 4 rings (SSSR count). The highest BCUT2D eigenvalue weighted by atomic mass is 35.5. The zero-order valence-electron chi connectivity index (χ0n) is 17.9. The summed E-state index contributed by atoms with van der Waals surface area (Å²) in [6.07, 6.45) is 0.601. The molecule has 0 spiro atoms. The van der Waals surface area contributed by atoms with E-state index in [-0.39, 0.29) is 28.5 Å². The molecule has 0 aromatic heterocycles. The van der Waals surface area contributed by atoms with Crippen molar-refractivity contribution in [3.05, 3.63) is 100 Å². The predicted octanol–water partition coefficient (Wildman–Crippen LogP) is 5.16. The van der Waals surface area contributed by atoms with Gasteiger partial charge in [-0.05, 0) is 47.9 Å². The lowest BCUT2D eigenvalue weighted by atomic mass is 9.93. The van der Waals surface area contributed by atoms with Gasteiger partial charge in [0, 0.05) is 12.1 Å². The Morgan fingerprint density at radius 3 is 2.36 bits per heavy atom. The summed E-state index contributed by atoms with van der Waals surface area (Å²) in [4.78, 5) is 27.8. The molecule has 0 fully saturated rings. The van der Waals surface area contributed by atoms with Gasteiger partial charge in [0.15, 0.2) is 11.5 Å². The number of ether oxygens (including phenoxy) is 1. The average Bonchev–Trinajstić information content (AvgIpc) is 3.09. The van der Waals surface area contributed by atoms with E-state index in [1.165, 1.54) is 24.1 Å². The lowest BCUT2D eigenvalue weighted by Gasteiger charge is -2.27. The fourth-order valence-corrected chi connectivity index (χ4v) is 4.22. The normalized spacial score (nSPS) is 15.8. The number of aliphatic hydroxyl groups excluding tert-OH is 1. The molecule has 3 aromatic carbocycles. The summed E-state index contributed by atoms with van der Waals surface area (Å²) in [5.41, 5.74) is 1.98. The highest BCUT2D eigenvalue weighted by Crippen LogP contribution is 2.43. The number of hydrogen-bond donors (Lipinski definition) is 2. The largest absolute Gasteiger partial charge is 0.508 e. The van der Waals surface area contributed by atoms with Crippen LogP contribution in [0.5, 0.6) is 11.5 Å². The van der Waals surface area contributed by atoms with E-state index < -0.39 is 17.7 Å². The van der Waals surface area contributed by atoms with Crippen molar-refractivity contribution in [2.75, 3.05) is 12.0 Å². The molecule has 1 amide bonds. The first kappa shape index (κ1) is 22.4. The van der Waals surface area contributed by atoms with E-state index in [1.54, 1.807) is 30.3 Å². The number of phenols is 1. The minimum atomic E-state index is -0.870. The van der Waals surface area contributed by atoms with Crippen LogP contribution in [0.25, 0.3) is 0 Å². The monoisotopic (exact) mass is 463 g/mol. The van der Waals surface area contributed by atoms with Crippen molar-refractivity contribution in [1.29, 1.82) is 0 Å². The van der Waals surface area contributed by atoms with E-state index in [4.69, 9.17) is 16.3 Å². The lowest BCUT2D eigenvalue weighted by Crippen LogP contribution is -2.31. The maximum absolute atomic E-state index is 13.3. The number of amides is 1. The number of carbonyl (C=O) groups is 2. The van der Waals surface area contributed by atoms with Crippen LogP contribution in [0.1, 0.15) is 23.6 Å². The van der Waals surface area contributed by atoms with Gasteiger partial charge in [0.2, 0.25) is 0 Å². The van der Waals surface area contributed by atoms with Crippen molar-refractivity contribution in [3.8, 4) is 11.5 Å². The Balaban J connectivity index is 1.74. The first-order chi connectivity index (χ1) is 15.9. The second-order valence-electron chi connectivity index (χ2n) is 7.66. The Hall–Kier alpha value is -3.77. The minimum Gasteiger partial charge on any atom is -0.508 e. The van der Waals surface area contributed by atoms with Crippen molar-refractivity contribution in [2.45, 2.75) is 18.9 Å². The highest BCUT2D eigenvalue weighted by molar-refractivity contribution is 6.32. The Labute approximate surface area is 196 Å². The van der Waals surface area contributed by atoms with E-state index in [1.807, 2.05) is 30.3 Å². The molecule has 0 saturated carbocycles. The summed E-state index contributed by atoms with van der Waals surface area (Å²) in [5, 5.41) is 20.8. The summed E-state index contributed by atoms with van der Waals surface area (Å²) in [6, 6.07) is 19.6. The maximum Gasteiger partial charge on any atom is 0.294 e. The van der Waals surface area contributed by atoms with Gasteiger partial charge < -0.3 is 14.9 Å². The van der Waals surface area contributed by atoms with Gasteiger partial charge in [0.25, 0.3) is 5.91 Å². The number of ketones is 1. The molecule has 168 valence electrons. The highest BCUT2D eigenvalue weighted by Gasteiger charge is 2.44. The molecule has 0 bridgehead atoms. The second-order valence-corrected chi connectivity index (χ2v) is 8.07. The van der Waals surface area contributed by atoms with Crippen molar-refractivity contribution in [2.24, 2.45) is 0 Å². The number of methoxy groups -OCH3 is 1. The number of halogens is 1. The smallest absolute Gasteiger partial charge is 0.294 e. The predicted molar refractivity (Wildman–Crippen MR) is 126 cm³/mol. The molecule has 1 atom stereocenters. The summed E-state index contributed by atoms with van der Waals surface area (Å²) in [7, 11) is 1.48. The van der Waals surface area contributed by atoms with Crippen LogP contribution in [-0.4, -0.2) is 29.0 Å². The van der Waals surface area contributed by atoms with Gasteiger partial charge in [-0.15, -0.1) is 0 Å². The number of carbonyl (C=O) groups excluding carboxylic acids is 2. The number of anilines is 1. The number of aromatic hydroxyl groups is 1. The third-order valence-electron chi connectivity index (χ3n) is 5.61. The summed E-state index contributed by atoms with van der Waals surface area (Å²) in [6.45, 7) is 0. The van der Waals surface area contributed by atoms with E-state index >= 15 is 0 Å². The molecule has 1 unspecified atom stereocenters. The second kappa shape index (κ2) is 9.38.